The summed E-state index contributed by atoms with van der Waals surface area (Å²) in [5.74, 6) is 0.603. The van der Waals surface area contributed by atoms with Gasteiger partial charge < -0.3 is 15.2 Å². The van der Waals surface area contributed by atoms with Crippen molar-refractivity contribution in [2.45, 2.75) is 50.1 Å². The Kier molecular flexibility index (Phi) is 4.11. The van der Waals surface area contributed by atoms with Crippen molar-refractivity contribution in [2.75, 3.05) is 6.61 Å². The summed E-state index contributed by atoms with van der Waals surface area (Å²) in [6.45, 7) is 1.69. The number of benzene rings is 1. The van der Waals surface area contributed by atoms with Crippen molar-refractivity contribution >= 4 is 0 Å². The summed E-state index contributed by atoms with van der Waals surface area (Å²) in [4.78, 5) is 0. The summed E-state index contributed by atoms with van der Waals surface area (Å²) in [6.07, 6.45) is 3.87. The molecule has 1 aliphatic carbocycles. The molecule has 1 aliphatic heterocycles. The summed E-state index contributed by atoms with van der Waals surface area (Å²) in [7, 11) is 0. The van der Waals surface area contributed by atoms with Gasteiger partial charge in [0.2, 0.25) is 0 Å². The summed E-state index contributed by atoms with van der Waals surface area (Å²) in [5.41, 5.74) is 2.28. The first-order valence-corrected chi connectivity index (χ1v) is 8.26. The van der Waals surface area contributed by atoms with Crippen LogP contribution < -0.4 is 5.32 Å². The Hall–Kier alpha value is -1.76. The molecule has 2 aromatic rings. The zero-order valence-corrected chi connectivity index (χ0v) is 13.0. The van der Waals surface area contributed by atoms with E-state index in [1.165, 1.54) is 18.4 Å². The first kappa shape index (κ1) is 14.8. The Bertz CT molecular complexity index is 641. The lowest BCUT2D eigenvalue weighted by atomic mass is 10.1. The van der Waals surface area contributed by atoms with Gasteiger partial charge in [-0.15, -0.1) is 5.10 Å². The minimum atomic E-state index is -0.491. The van der Waals surface area contributed by atoms with Gasteiger partial charge in [0, 0.05) is 18.7 Å². The molecule has 0 spiro atoms. The number of ether oxygens (including phenoxy) is 1. The van der Waals surface area contributed by atoms with Gasteiger partial charge in [0.1, 0.15) is 0 Å². The van der Waals surface area contributed by atoms with Crippen molar-refractivity contribution < 1.29 is 9.84 Å². The maximum absolute atomic E-state index is 10.2. The predicted octanol–water partition coefficient (Wildman–Crippen LogP) is 1.07. The summed E-state index contributed by atoms with van der Waals surface area (Å²) in [5, 5.41) is 22.0. The van der Waals surface area contributed by atoms with Gasteiger partial charge in [-0.25, -0.2) is 4.68 Å². The molecule has 2 heterocycles. The number of aliphatic hydroxyl groups is 1. The number of nitrogens with zero attached hydrogens (tertiary/aromatic N) is 3. The fourth-order valence-electron chi connectivity index (χ4n) is 3.10. The minimum absolute atomic E-state index is 0.0937. The normalized spacial score (nSPS) is 27.4. The Balaban J connectivity index is 1.38. The maximum atomic E-state index is 10.2. The molecule has 2 N–H and O–H groups in total. The van der Waals surface area contributed by atoms with Crippen LogP contribution in [0.4, 0.5) is 0 Å². The number of hydrogen-bond donors (Lipinski definition) is 2. The molecule has 3 atom stereocenters. The van der Waals surface area contributed by atoms with E-state index in [1.54, 1.807) is 0 Å². The van der Waals surface area contributed by atoms with Crippen LogP contribution in [0.3, 0.4) is 0 Å². The molecule has 6 heteroatoms. The second kappa shape index (κ2) is 6.39. The Labute approximate surface area is 135 Å². The zero-order valence-electron chi connectivity index (χ0n) is 13.0. The van der Waals surface area contributed by atoms with Gasteiger partial charge in [-0.1, -0.05) is 35.5 Å². The van der Waals surface area contributed by atoms with Crippen LogP contribution in [-0.4, -0.2) is 45.0 Å². The summed E-state index contributed by atoms with van der Waals surface area (Å²) in [6, 6.07) is 10.1. The third kappa shape index (κ3) is 3.44. The van der Waals surface area contributed by atoms with Crippen LogP contribution in [0.2, 0.25) is 0 Å². The molecule has 1 aromatic heterocycles. The molecule has 0 amide bonds. The monoisotopic (exact) mass is 314 g/mol. The van der Waals surface area contributed by atoms with Crippen LogP contribution >= 0.6 is 0 Å². The third-order valence-electron chi connectivity index (χ3n) is 4.60. The largest absolute Gasteiger partial charge is 0.389 e. The lowest BCUT2D eigenvalue weighted by molar-refractivity contribution is 0.0741. The van der Waals surface area contributed by atoms with Crippen LogP contribution in [0.5, 0.6) is 0 Å². The average molecular weight is 314 g/mol. The smallest absolute Gasteiger partial charge is 0.0952 e. The van der Waals surface area contributed by atoms with Crippen molar-refractivity contribution in [1.29, 1.82) is 0 Å². The molecule has 0 unspecified atom stereocenters. The van der Waals surface area contributed by atoms with E-state index in [4.69, 9.17) is 4.74 Å². The van der Waals surface area contributed by atoms with Crippen LogP contribution in [0.25, 0.3) is 0 Å². The fourth-order valence-corrected chi connectivity index (χ4v) is 3.10. The van der Waals surface area contributed by atoms with Crippen molar-refractivity contribution in [2.24, 2.45) is 0 Å². The molecule has 1 saturated heterocycles. The number of rotatable bonds is 6. The van der Waals surface area contributed by atoms with Crippen LogP contribution in [0.15, 0.2) is 36.5 Å². The molecule has 1 saturated carbocycles. The standard InChI is InChI=1S/C17H22N4O2/c22-15-11-23-16(10-21-9-14(19-20-21)13-6-7-13)17(15)18-8-12-4-2-1-3-5-12/h1-5,9,13,15-18,22H,6-8,10-11H2/t15-,16+,17+/m0/s1. The van der Waals surface area contributed by atoms with Crippen molar-refractivity contribution in [3.05, 3.63) is 47.8 Å². The molecule has 6 nitrogen and oxygen atoms in total. The SMILES string of the molecule is O[C@H]1CO[C@H](Cn2cc(C3CC3)nn2)[C@@H]1NCc1ccccc1. The number of hydrogen-bond acceptors (Lipinski definition) is 5. The maximum Gasteiger partial charge on any atom is 0.0952 e. The first-order valence-electron chi connectivity index (χ1n) is 8.26. The molecule has 2 aliphatic rings. The Morgan fingerprint density at radius 3 is 2.87 bits per heavy atom. The number of aromatic nitrogens is 3. The zero-order chi connectivity index (χ0) is 15.6. The molecular formula is C17H22N4O2. The molecule has 23 heavy (non-hydrogen) atoms. The van der Waals surface area contributed by atoms with E-state index in [9.17, 15) is 5.11 Å². The van der Waals surface area contributed by atoms with Gasteiger partial charge in [-0.3, -0.25) is 0 Å². The van der Waals surface area contributed by atoms with E-state index < -0.39 is 6.10 Å². The highest BCUT2D eigenvalue weighted by atomic mass is 16.5. The van der Waals surface area contributed by atoms with Crippen LogP contribution in [0, 0.1) is 0 Å². The number of nitrogens with one attached hydrogen (secondary N) is 1. The van der Waals surface area contributed by atoms with Gasteiger partial charge in [0.15, 0.2) is 0 Å². The van der Waals surface area contributed by atoms with Gasteiger partial charge in [0.05, 0.1) is 37.1 Å². The van der Waals surface area contributed by atoms with E-state index in [-0.39, 0.29) is 12.1 Å². The highest BCUT2D eigenvalue weighted by molar-refractivity contribution is 5.14. The average Bonchev–Trinajstić information content (AvgIpc) is 3.23. The van der Waals surface area contributed by atoms with E-state index in [2.05, 4.69) is 27.8 Å². The van der Waals surface area contributed by atoms with Crippen molar-refractivity contribution in [3.8, 4) is 0 Å². The van der Waals surface area contributed by atoms with Gasteiger partial charge >= 0.3 is 0 Å². The molecule has 4 rings (SSSR count). The lowest BCUT2D eigenvalue weighted by Crippen LogP contribution is -2.44. The second-order valence-electron chi connectivity index (χ2n) is 6.47. The lowest BCUT2D eigenvalue weighted by Gasteiger charge is -2.21. The van der Waals surface area contributed by atoms with Gasteiger partial charge in [0.25, 0.3) is 0 Å². The summed E-state index contributed by atoms with van der Waals surface area (Å²) >= 11 is 0. The highest BCUT2D eigenvalue weighted by Crippen LogP contribution is 2.38. The van der Waals surface area contributed by atoms with E-state index in [0.29, 0.717) is 25.6 Å². The van der Waals surface area contributed by atoms with E-state index in [1.807, 2.05) is 29.1 Å². The minimum Gasteiger partial charge on any atom is -0.389 e. The fraction of sp³-hybridized carbons (Fsp3) is 0.529. The molecule has 0 bridgehead atoms. The first-order chi connectivity index (χ1) is 11.3. The van der Waals surface area contributed by atoms with E-state index >= 15 is 0 Å². The highest BCUT2D eigenvalue weighted by Gasteiger charge is 2.36. The van der Waals surface area contributed by atoms with Crippen LogP contribution in [0.1, 0.15) is 30.0 Å². The van der Waals surface area contributed by atoms with Gasteiger partial charge in [-0.05, 0) is 18.4 Å². The van der Waals surface area contributed by atoms with Crippen molar-refractivity contribution in [3.63, 3.8) is 0 Å². The third-order valence-corrected chi connectivity index (χ3v) is 4.60. The Morgan fingerprint density at radius 1 is 1.26 bits per heavy atom. The summed E-state index contributed by atoms with van der Waals surface area (Å²) < 4.78 is 7.60. The number of aliphatic hydroxyl groups excluding tert-OH is 1. The predicted molar refractivity (Wildman–Crippen MR) is 84.8 cm³/mol. The topological polar surface area (TPSA) is 72.2 Å². The molecular weight excluding hydrogens is 292 g/mol. The second-order valence-corrected chi connectivity index (χ2v) is 6.47. The molecule has 1 aromatic carbocycles. The quantitative estimate of drug-likeness (QED) is 0.834. The molecule has 122 valence electrons. The van der Waals surface area contributed by atoms with E-state index in [0.717, 1.165) is 5.69 Å². The van der Waals surface area contributed by atoms with Crippen molar-refractivity contribution in [1.82, 2.24) is 20.3 Å². The van der Waals surface area contributed by atoms with Gasteiger partial charge in [-0.2, -0.15) is 0 Å². The molecule has 0 radical (unpaired) electrons. The van der Waals surface area contributed by atoms with Crippen LogP contribution in [-0.2, 0) is 17.8 Å². The molecule has 2 fully saturated rings. The Morgan fingerprint density at radius 2 is 2.09 bits per heavy atom.